The Bertz CT molecular complexity index is 395. The molecule has 1 aromatic rings. The van der Waals surface area contributed by atoms with Gasteiger partial charge < -0.3 is 15.5 Å². The molecule has 1 atom stereocenters. The first kappa shape index (κ1) is 13.4. The number of rotatable bonds is 5. The van der Waals surface area contributed by atoms with Gasteiger partial charge in [-0.2, -0.15) is 0 Å². The Labute approximate surface area is 99.1 Å². The summed E-state index contributed by atoms with van der Waals surface area (Å²) in [7, 11) is 0. The lowest BCUT2D eigenvalue weighted by molar-refractivity contribution is 0.0932. The highest BCUT2D eigenvalue weighted by molar-refractivity contribution is 5.94. The summed E-state index contributed by atoms with van der Waals surface area (Å²) < 4.78 is 13.3. The first-order valence-electron chi connectivity index (χ1n) is 5.45. The Morgan fingerprint density at radius 1 is 1.53 bits per heavy atom. The predicted octanol–water partition coefficient (Wildman–Crippen LogP) is 1.42. The van der Waals surface area contributed by atoms with Crippen molar-refractivity contribution in [2.45, 2.75) is 25.8 Å². The molecule has 0 bridgehead atoms. The number of aliphatic hydroxyl groups is 1. The highest BCUT2D eigenvalue weighted by Crippen LogP contribution is 2.15. The molecule has 0 aliphatic carbocycles. The lowest BCUT2D eigenvalue weighted by Gasteiger charge is -2.13. The molecule has 17 heavy (non-hydrogen) atoms. The van der Waals surface area contributed by atoms with E-state index in [2.05, 4.69) is 5.32 Å². The SMILES string of the molecule is CC(CCCO)NC(=O)c1ccc(O)cc1F. The summed E-state index contributed by atoms with van der Waals surface area (Å²) >= 11 is 0. The summed E-state index contributed by atoms with van der Waals surface area (Å²) in [5.41, 5.74) is -0.0985. The summed E-state index contributed by atoms with van der Waals surface area (Å²) in [6.45, 7) is 1.85. The fraction of sp³-hybridized carbons (Fsp3) is 0.417. The molecule has 0 aliphatic heterocycles. The number of carbonyl (C=O) groups is 1. The van der Waals surface area contributed by atoms with Crippen LogP contribution in [-0.2, 0) is 0 Å². The lowest BCUT2D eigenvalue weighted by Crippen LogP contribution is -2.33. The largest absolute Gasteiger partial charge is 0.508 e. The fourth-order valence-electron chi connectivity index (χ4n) is 1.46. The van der Waals surface area contributed by atoms with Crippen molar-refractivity contribution in [1.29, 1.82) is 0 Å². The molecule has 1 rings (SSSR count). The Balaban J connectivity index is 2.63. The second kappa shape index (κ2) is 6.20. The van der Waals surface area contributed by atoms with E-state index in [1.54, 1.807) is 6.92 Å². The molecule has 0 fully saturated rings. The van der Waals surface area contributed by atoms with Gasteiger partial charge in [-0.1, -0.05) is 0 Å². The fourth-order valence-corrected chi connectivity index (χ4v) is 1.46. The number of aromatic hydroxyl groups is 1. The van der Waals surface area contributed by atoms with Gasteiger partial charge in [-0.15, -0.1) is 0 Å². The maximum absolute atomic E-state index is 13.3. The van der Waals surface area contributed by atoms with E-state index >= 15 is 0 Å². The molecule has 0 aromatic heterocycles. The van der Waals surface area contributed by atoms with Crippen LogP contribution in [0.1, 0.15) is 30.1 Å². The molecule has 1 amide bonds. The van der Waals surface area contributed by atoms with E-state index < -0.39 is 11.7 Å². The summed E-state index contributed by atoms with van der Waals surface area (Å²) in [4.78, 5) is 11.7. The maximum Gasteiger partial charge on any atom is 0.254 e. The van der Waals surface area contributed by atoms with Crippen molar-refractivity contribution in [1.82, 2.24) is 5.32 Å². The second-order valence-corrected chi connectivity index (χ2v) is 3.90. The van der Waals surface area contributed by atoms with E-state index in [4.69, 9.17) is 10.2 Å². The van der Waals surface area contributed by atoms with Crippen molar-refractivity contribution >= 4 is 5.91 Å². The lowest BCUT2D eigenvalue weighted by atomic mass is 10.1. The number of halogens is 1. The number of phenolic OH excluding ortho intramolecular Hbond substituents is 1. The number of aliphatic hydroxyl groups excluding tert-OH is 1. The van der Waals surface area contributed by atoms with Gasteiger partial charge in [0.15, 0.2) is 0 Å². The third-order valence-corrected chi connectivity index (χ3v) is 2.37. The molecule has 4 nitrogen and oxygen atoms in total. The second-order valence-electron chi connectivity index (χ2n) is 3.90. The van der Waals surface area contributed by atoms with Crippen molar-refractivity contribution in [3.63, 3.8) is 0 Å². The summed E-state index contributed by atoms with van der Waals surface area (Å²) in [6, 6.07) is 3.26. The first-order valence-corrected chi connectivity index (χ1v) is 5.45. The Morgan fingerprint density at radius 3 is 2.82 bits per heavy atom. The zero-order valence-corrected chi connectivity index (χ0v) is 9.61. The van der Waals surface area contributed by atoms with Gasteiger partial charge >= 0.3 is 0 Å². The molecule has 0 spiro atoms. The van der Waals surface area contributed by atoms with E-state index in [0.29, 0.717) is 12.8 Å². The van der Waals surface area contributed by atoms with Crippen LogP contribution < -0.4 is 5.32 Å². The third kappa shape index (κ3) is 4.03. The van der Waals surface area contributed by atoms with Crippen LogP contribution in [0.2, 0.25) is 0 Å². The topological polar surface area (TPSA) is 69.6 Å². The van der Waals surface area contributed by atoms with Crippen LogP contribution >= 0.6 is 0 Å². The first-order chi connectivity index (χ1) is 8.04. The Morgan fingerprint density at radius 2 is 2.24 bits per heavy atom. The van der Waals surface area contributed by atoms with Crippen LogP contribution in [0.5, 0.6) is 5.75 Å². The van der Waals surface area contributed by atoms with E-state index in [9.17, 15) is 9.18 Å². The van der Waals surface area contributed by atoms with Crippen molar-refractivity contribution in [2.24, 2.45) is 0 Å². The van der Waals surface area contributed by atoms with Gasteiger partial charge in [0.1, 0.15) is 11.6 Å². The van der Waals surface area contributed by atoms with Gasteiger partial charge in [-0.3, -0.25) is 4.79 Å². The normalized spacial score (nSPS) is 12.2. The monoisotopic (exact) mass is 241 g/mol. The van der Waals surface area contributed by atoms with Crippen molar-refractivity contribution < 1.29 is 19.4 Å². The molecule has 3 N–H and O–H groups in total. The molecule has 0 aliphatic rings. The van der Waals surface area contributed by atoms with Crippen LogP contribution in [0.4, 0.5) is 4.39 Å². The minimum Gasteiger partial charge on any atom is -0.508 e. The molecule has 0 radical (unpaired) electrons. The van der Waals surface area contributed by atoms with Crippen LogP contribution in [0.25, 0.3) is 0 Å². The Hall–Kier alpha value is -1.62. The highest BCUT2D eigenvalue weighted by atomic mass is 19.1. The van der Waals surface area contributed by atoms with Gasteiger partial charge in [0.05, 0.1) is 5.56 Å². The molecule has 0 heterocycles. The zero-order chi connectivity index (χ0) is 12.8. The van der Waals surface area contributed by atoms with Crippen LogP contribution in [0, 0.1) is 5.82 Å². The summed E-state index contributed by atoms with van der Waals surface area (Å²) in [6.07, 6.45) is 1.21. The van der Waals surface area contributed by atoms with Crippen molar-refractivity contribution in [2.75, 3.05) is 6.61 Å². The van der Waals surface area contributed by atoms with Gasteiger partial charge in [-0.25, -0.2) is 4.39 Å². The molecule has 5 heteroatoms. The predicted molar refractivity (Wildman–Crippen MR) is 61.3 cm³/mol. The third-order valence-electron chi connectivity index (χ3n) is 2.37. The van der Waals surface area contributed by atoms with Crippen molar-refractivity contribution in [3.05, 3.63) is 29.6 Å². The quantitative estimate of drug-likeness (QED) is 0.730. The molecule has 1 aromatic carbocycles. The summed E-state index contributed by atoms with van der Waals surface area (Å²) in [5, 5.41) is 20.3. The number of phenols is 1. The van der Waals surface area contributed by atoms with Gasteiger partial charge in [-0.05, 0) is 31.9 Å². The van der Waals surface area contributed by atoms with E-state index in [-0.39, 0.29) is 24.0 Å². The van der Waals surface area contributed by atoms with E-state index in [0.717, 1.165) is 6.07 Å². The minimum atomic E-state index is -0.753. The number of amides is 1. The van der Waals surface area contributed by atoms with Gasteiger partial charge in [0.25, 0.3) is 5.91 Å². The highest BCUT2D eigenvalue weighted by Gasteiger charge is 2.14. The van der Waals surface area contributed by atoms with E-state index in [1.807, 2.05) is 0 Å². The number of hydrogen-bond donors (Lipinski definition) is 3. The molecule has 94 valence electrons. The van der Waals surface area contributed by atoms with Crippen molar-refractivity contribution in [3.8, 4) is 5.75 Å². The number of carbonyl (C=O) groups excluding carboxylic acids is 1. The average molecular weight is 241 g/mol. The number of nitrogens with one attached hydrogen (secondary N) is 1. The van der Waals surface area contributed by atoms with Gasteiger partial charge in [0.2, 0.25) is 0 Å². The summed E-state index contributed by atoms with van der Waals surface area (Å²) in [5.74, 6) is -1.49. The number of hydrogen-bond acceptors (Lipinski definition) is 3. The number of benzene rings is 1. The van der Waals surface area contributed by atoms with Crippen LogP contribution in [0.3, 0.4) is 0 Å². The smallest absolute Gasteiger partial charge is 0.254 e. The molecular weight excluding hydrogens is 225 g/mol. The van der Waals surface area contributed by atoms with E-state index in [1.165, 1.54) is 12.1 Å². The molecular formula is C12H16FNO3. The maximum atomic E-state index is 13.3. The van der Waals surface area contributed by atoms with Crippen LogP contribution in [0.15, 0.2) is 18.2 Å². The molecule has 1 unspecified atom stereocenters. The zero-order valence-electron chi connectivity index (χ0n) is 9.61. The molecule has 0 saturated heterocycles. The minimum absolute atomic E-state index is 0.0633. The van der Waals surface area contributed by atoms with Gasteiger partial charge in [0, 0.05) is 18.7 Å². The standard InChI is InChI=1S/C12H16FNO3/c1-8(3-2-6-15)14-12(17)10-5-4-9(16)7-11(10)13/h4-5,7-8,15-16H,2-3,6H2,1H3,(H,14,17). The average Bonchev–Trinajstić information content (AvgIpc) is 2.26. The molecule has 0 saturated carbocycles. The Kier molecular flexibility index (Phi) is 4.90. The van der Waals surface area contributed by atoms with Crippen LogP contribution in [-0.4, -0.2) is 28.8 Å².